The third-order valence-electron chi connectivity index (χ3n) is 3.00. The second-order valence-corrected chi connectivity index (χ2v) is 3.91. The molecule has 1 nitrogen and oxygen atoms in total. The van der Waals surface area contributed by atoms with Gasteiger partial charge in [0.15, 0.2) is 0 Å². The Balaban J connectivity index is 2.31. The smallest absolute Gasteiger partial charge is 0.263 e. The zero-order valence-corrected chi connectivity index (χ0v) is 7.84. The highest BCUT2D eigenvalue weighted by Crippen LogP contribution is 2.47. The molecule has 0 radical (unpaired) electrons. The van der Waals surface area contributed by atoms with Gasteiger partial charge in [-0.2, -0.15) is 0 Å². The van der Waals surface area contributed by atoms with Crippen LogP contribution < -0.4 is 5.73 Å². The molecule has 2 rings (SSSR count). The maximum atomic E-state index is 12.4. The number of hydrogen-bond acceptors (Lipinski definition) is 1. The summed E-state index contributed by atoms with van der Waals surface area (Å²) in [4.78, 5) is 0. The summed E-state index contributed by atoms with van der Waals surface area (Å²) in [5, 5.41) is 0. The van der Waals surface area contributed by atoms with Gasteiger partial charge in [-0.05, 0) is 24.5 Å². The van der Waals surface area contributed by atoms with Crippen LogP contribution in [-0.4, -0.2) is 6.54 Å². The van der Waals surface area contributed by atoms with Crippen LogP contribution in [0.4, 0.5) is 8.78 Å². The van der Waals surface area contributed by atoms with E-state index in [1.807, 2.05) is 6.07 Å². The van der Waals surface area contributed by atoms with E-state index >= 15 is 0 Å². The molecule has 0 amide bonds. The molecule has 76 valence electrons. The highest BCUT2D eigenvalue weighted by molar-refractivity contribution is 5.35. The number of rotatable bonds is 3. The highest BCUT2D eigenvalue weighted by atomic mass is 19.3. The van der Waals surface area contributed by atoms with Crippen LogP contribution in [0.5, 0.6) is 0 Å². The predicted octanol–water partition coefficient (Wildman–Crippen LogP) is 2.61. The summed E-state index contributed by atoms with van der Waals surface area (Å²) in [6.07, 6.45) is -0.338. The summed E-state index contributed by atoms with van der Waals surface area (Å²) in [6.45, 7) is 0.555. The van der Waals surface area contributed by atoms with Crippen molar-refractivity contribution >= 4 is 0 Å². The number of hydrogen-bond donors (Lipinski definition) is 1. The van der Waals surface area contributed by atoms with Crippen molar-refractivity contribution in [1.82, 2.24) is 0 Å². The number of benzene rings is 1. The quantitative estimate of drug-likeness (QED) is 0.792. The first kappa shape index (κ1) is 9.59. The molecule has 1 aromatic rings. The van der Waals surface area contributed by atoms with Crippen molar-refractivity contribution < 1.29 is 8.78 Å². The van der Waals surface area contributed by atoms with E-state index in [0.717, 1.165) is 18.4 Å². The molecule has 0 bridgehead atoms. The average Bonchev–Trinajstić information content (AvgIpc) is 2.98. The van der Waals surface area contributed by atoms with Crippen molar-refractivity contribution in [3.63, 3.8) is 0 Å². The lowest BCUT2D eigenvalue weighted by Gasteiger charge is -2.13. The van der Waals surface area contributed by atoms with Gasteiger partial charge in [-0.25, -0.2) is 8.78 Å². The first-order valence-electron chi connectivity index (χ1n) is 4.77. The second-order valence-electron chi connectivity index (χ2n) is 3.91. The monoisotopic (exact) mass is 197 g/mol. The van der Waals surface area contributed by atoms with Gasteiger partial charge < -0.3 is 5.73 Å². The van der Waals surface area contributed by atoms with Crippen LogP contribution in [0.25, 0.3) is 0 Å². The molecule has 2 N–H and O–H groups in total. The number of halogens is 2. The van der Waals surface area contributed by atoms with Crippen LogP contribution in [-0.2, 0) is 5.41 Å². The molecule has 0 saturated heterocycles. The summed E-state index contributed by atoms with van der Waals surface area (Å²) in [7, 11) is 0. The SMILES string of the molecule is NCC1(c2cccc(C(F)F)c2)CC1. The Bertz CT molecular complexity index is 332. The van der Waals surface area contributed by atoms with Crippen molar-refractivity contribution in [1.29, 1.82) is 0 Å². The summed E-state index contributed by atoms with van der Waals surface area (Å²) in [5.74, 6) is 0. The molecule has 0 aromatic heterocycles. The van der Waals surface area contributed by atoms with Gasteiger partial charge in [0.05, 0.1) is 0 Å². The molecule has 1 aliphatic carbocycles. The van der Waals surface area contributed by atoms with Gasteiger partial charge in [-0.1, -0.05) is 18.2 Å². The fourth-order valence-corrected chi connectivity index (χ4v) is 1.77. The summed E-state index contributed by atoms with van der Waals surface area (Å²) in [5.41, 5.74) is 6.71. The van der Waals surface area contributed by atoms with E-state index < -0.39 is 6.43 Å². The van der Waals surface area contributed by atoms with Gasteiger partial charge in [-0.15, -0.1) is 0 Å². The zero-order valence-electron chi connectivity index (χ0n) is 7.84. The van der Waals surface area contributed by atoms with E-state index in [-0.39, 0.29) is 11.0 Å². The Morgan fingerprint density at radius 2 is 2.07 bits per heavy atom. The topological polar surface area (TPSA) is 26.0 Å². The van der Waals surface area contributed by atoms with E-state index in [0.29, 0.717) is 6.54 Å². The molecule has 1 aliphatic rings. The summed E-state index contributed by atoms with van der Waals surface area (Å²) < 4.78 is 24.9. The van der Waals surface area contributed by atoms with Crippen molar-refractivity contribution in [2.45, 2.75) is 24.7 Å². The highest BCUT2D eigenvalue weighted by Gasteiger charge is 2.42. The maximum Gasteiger partial charge on any atom is 0.263 e. The van der Waals surface area contributed by atoms with E-state index in [9.17, 15) is 8.78 Å². The third kappa shape index (κ3) is 1.52. The minimum absolute atomic E-state index is 0.00486. The van der Waals surface area contributed by atoms with E-state index in [1.165, 1.54) is 6.07 Å². The molecule has 0 unspecified atom stereocenters. The Kier molecular flexibility index (Phi) is 2.27. The van der Waals surface area contributed by atoms with Crippen molar-refractivity contribution in [3.05, 3.63) is 35.4 Å². The standard InChI is InChI=1S/C11H13F2N/c12-10(13)8-2-1-3-9(6-8)11(7-14)4-5-11/h1-3,6,10H,4-5,7,14H2. The largest absolute Gasteiger partial charge is 0.330 e. The summed E-state index contributed by atoms with van der Waals surface area (Å²) >= 11 is 0. The zero-order chi connectivity index (χ0) is 10.2. The fraction of sp³-hybridized carbons (Fsp3) is 0.455. The molecule has 3 heteroatoms. The molecule has 1 aromatic carbocycles. The van der Waals surface area contributed by atoms with Gasteiger partial charge in [0, 0.05) is 17.5 Å². The lowest BCUT2D eigenvalue weighted by Crippen LogP contribution is -2.19. The lowest BCUT2D eigenvalue weighted by molar-refractivity contribution is 0.151. The Morgan fingerprint density at radius 3 is 2.57 bits per heavy atom. The molecule has 1 fully saturated rings. The van der Waals surface area contributed by atoms with Crippen LogP contribution in [0.2, 0.25) is 0 Å². The minimum atomic E-state index is -2.39. The van der Waals surface area contributed by atoms with Crippen LogP contribution >= 0.6 is 0 Å². The predicted molar refractivity (Wildman–Crippen MR) is 51.4 cm³/mol. The van der Waals surface area contributed by atoms with Gasteiger partial charge in [-0.3, -0.25) is 0 Å². The van der Waals surface area contributed by atoms with E-state index in [4.69, 9.17) is 5.73 Å². The fourth-order valence-electron chi connectivity index (χ4n) is 1.77. The molecule has 1 saturated carbocycles. The Hall–Kier alpha value is -0.960. The van der Waals surface area contributed by atoms with Gasteiger partial charge in [0.1, 0.15) is 0 Å². The van der Waals surface area contributed by atoms with Crippen LogP contribution in [0.3, 0.4) is 0 Å². The Labute approximate surface area is 81.9 Å². The van der Waals surface area contributed by atoms with Crippen LogP contribution in [0.15, 0.2) is 24.3 Å². The normalized spacial score (nSPS) is 18.6. The van der Waals surface area contributed by atoms with Crippen molar-refractivity contribution in [2.24, 2.45) is 5.73 Å². The Morgan fingerprint density at radius 1 is 1.36 bits per heavy atom. The molecule has 0 heterocycles. The molecule has 14 heavy (non-hydrogen) atoms. The van der Waals surface area contributed by atoms with Gasteiger partial charge >= 0.3 is 0 Å². The lowest BCUT2D eigenvalue weighted by atomic mass is 9.95. The molecule has 0 spiro atoms. The molecule has 0 aliphatic heterocycles. The number of nitrogens with two attached hydrogens (primary N) is 1. The van der Waals surface area contributed by atoms with Crippen molar-refractivity contribution in [2.75, 3.05) is 6.54 Å². The van der Waals surface area contributed by atoms with Crippen LogP contribution in [0, 0.1) is 0 Å². The first-order chi connectivity index (χ1) is 6.68. The summed E-state index contributed by atoms with van der Waals surface area (Å²) in [6, 6.07) is 6.63. The van der Waals surface area contributed by atoms with E-state index in [2.05, 4.69) is 0 Å². The average molecular weight is 197 g/mol. The van der Waals surface area contributed by atoms with Gasteiger partial charge in [0.25, 0.3) is 6.43 Å². The molecular formula is C11H13F2N. The van der Waals surface area contributed by atoms with Crippen LogP contribution in [0.1, 0.15) is 30.4 Å². The minimum Gasteiger partial charge on any atom is -0.330 e. The van der Waals surface area contributed by atoms with Crippen molar-refractivity contribution in [3.8, 4) is 0 Å². The molecular weight excluding hydrogens is 184 g/mol. The number of alkyl halides is 2. The second kappa shape index (κ2) is 3.31. The maximum absolute atomic E-state index is 12.4. The first-order valence-corrected chi connectivity index (χ1v) is 4.77. The molecule has 0 atom stereocenters. The third-order valence-corrected chi connectivity index (χ3v) is 3.00. The van der Waals surface area contributed by atoms with Gasteiger partial charge in [0.2, 0.25) is 0 Å². The van der Waals surface area contributed by atoms with E-state index in [1.54, 1.807) is 12.1 Å².